The first-order valence-electron chi connectivity index (χ1n) is 6.58. The van der Waals surface area contributed by atoms with Gasteiger partial charge in [-0.15, -0.1) is 0 Å². The molecular formula is C16H14N2O2S. The molecule has 0 fully saturated rings. The van der Waals surface area contributed by atoms with Crippen LogP contribution in [-0.4, -0.2) is 21.7 Å². The van der Waals surface area contributed by atoms with Crippen LogP contribution in [0.15, 0.2) is 59.8 Å². The molecule has 0 amide bonds. The van der Waals surface area contributed by atoms with Crippen LogP contribution in [0.1, 0.15) is 5.56 Å². The van der Waals surface area contributed by atoms with Gasteiger partial charge in [-0.05, 0) is 17.7 Å². The van der Waals surface area contributed by atoms with Crippen molar-refractivity contribution in [3.05, 3.63) is 60.2 Å². The van der Waals surface area contributed by atoms with Gasteiger partial charge in [0.05, 0.1) is 16.8 Å². The van der Waals surface area contributed by atoms with Crippen LogP contribution < -0.4 is 0 Å². The van der Waals surface area contributed by atoms with Crippen molar-refractivity contribution in [2.75, 3.05) is 5.75 Å². The van der Waals surface area contributed by atoms with Crippen molar-refractivity contribution in [2.45, 2.75) is 11.8 Å². The molecule has 1 N–H and O–H groups in total. The second kappa shape index (κ2) is 6.45. The Morgan fingerprint density at radius 1 is 1.10 bits per heavy atom. The zero-order valence-corrected chi connectivity index (χ0v) is 12.1. The highest BCUT2D eigenvalue weighted by atomic mass is 32.2. The van der Waals surface area contributed by atoms with Gasteiger partial charge in [-0.2, -0.15) is 0 Å². The number of benzene rings is 2. The SMILES string of the molecule is O=C(CSc1nc2ccccc2[nH]1)OCc1ccccc1. The minimum absolute atomic E-state index is 0.243. The molecule has 21 heavy (non-hydrogen) atoms. The Hall–Kier alpha value is -2.27. The summed E-state index contributed by atoms with van der Waals surface area (Å²) < 4.78 is 5.22. The lowest BCUT2D eigenvalue weighted by atomic mass is 10.2. The van der Waals surface area contributed by atoms with Crippen LogP contribution in [0.2, 0.25) is 0 Å². The van der Waals surface area contributed by atoms with Crippen molar-refractivity contribution in [2.24, 2.45) is 0 Å². The summed E-state index contributed by atoms with van der Waals surface area (Å²) in [5.41, 5.74) is 2.86. The lowest BCUT2D eigenvalue weighted by Gasteiger charge is -2.03. The fourth-order valence-electron chi connectivity index (χ4n) is 1.90. The number of thioether (sulfide) groups is 1. The number of hydrogen-bond acceptors (Lipinski definition) is 4. The minimum atomic E-state index is -0.246. The molecule has 3 rings (SSSR count). The zero-order valence-electron chi connectivity index (χ0n) is 11.3. The van der Waals surface area contributed by atoms with Crippen molar-refractivity contribution in [1.82, 2.24) is 9.97 Å². The number of nitrogens with zero attached hydrogens (tertiary/aromatic N) is 1. The number of esters is 1. The van der Waals surface area contributed by atoms with E-state index >= 15 is 0 Å². The summed E-state index contributed by atoms with van der Waals surface area (Å²) in [5, 5.41) is 0.730. The third kappa shape index (κ3) is 3.64. The van der Waals surface area contributed by atoms with E-state index in [-0.39, 0.29) is 11.7 Å². The molecule has 5 heteroatoms. The maximum atomic E-state index is 11.7. The van der Waals surface area contributed by atoms with Gasteiger partial charge in [0, 0.05) is 0 Å². The summed E-state index contributed by atoms with van der Waals surface area (Å²) in [6.07, 6.45) is 0. The second-order valence-corrected chi connectivity index (χ2v) is 5.46. The zero-order chi connectivity index (χ0) is 14.5. The number of H-pyrrole nitrogens is 1. The van der Waals surface area contributed by atoms with Crippen molar-refractivity contribution in [3.63, 3.8) is 0 Å². The van der Waals surface area contributed by atoms with Crippen molar-refractivity contribution >= 4 is 28.8 Å². The summed E-state index contributed by atoms with van der Waals surface area (Å²) in [7, 11) is 0. The lowest BCUT2D eigenvalue weighted by molar-refractivity contribution is -0.141. The molecule has 1 heterocycles. The van der Waals surface area contributed by atoms with Gasteiger partial charge in [0.1, 0.15) is 6.61 Å². The maximum absolute atomic E-state index is 11.7. The average molecular weight is 298 g/mol. The van der Waals surface area contributed by atoms with E-state index in [2.05, 4.69) is 9.97 Å². The molecule has 0 radical (unpaired) electrons. The van der Waals surface area contributed by atoms with E-state index in [0.29, 0.717) is 6.61 Å². The Labute approximate surface area is 126 Å². The largest absolute Gasteiger partial charge is 0.460 e. The molecule has 1 aromatic heterocycles. The molecule has 0 aliphatic rings. The molecule has 0 saturated carbocycles. The number of rotatable bonds is 5. The number of hydrogen-bond donors (Lipinski definition) is 1. The topological polar surface area (TPSA) is 55.0 Å². The molecule has 0 spiro atoms. The highest BCUT2D eigenvalue weighted by molar-refractivity contribution is 7.99. The summed E-state index contributed by atoms with van der Waals surface area (Å²) in [6.45, 7) is 0.306. The van der Waals surface area contributed by atoms with Crippen LogP contribution in [-0.2, 0) is 16.1 Å². The number of ether oxygens (including phenoxy) is 1. The number of imidazole rings is 1. The van der Waals surface area contributed by atoms with E-state index < -0.39 is 0 Å². The molecule has 106 valence electrons. The first-order valence-corrected chi connectivity index (χ1v) is 7.57. The van der Waals surface area contributed by atoms with Crippen LogP contribution in [0.4, 0.5) is 0 Å². The minimum Gasteiger partial charge on any atom is -0.460 e. The quantitative estimate of drug-likeness (QED) is 0.579. The van der Waals surface area contributed by atoms with E-state index in [1.54, 1.807) is 0 Å². The Morgan fingerprint density at radius 3 is 2.67 bits per heavy atom. The molecule has 0 unspecified atom stereocenters. The van der Waals surface area contributed by atoms with Gasteiger partial charge in [-0.25, -0.2) is 4.98 Å². The van der Waals surface area contributed by atoms with Crippen LogP contribution in [0.5, 0.6) is 0 Å². The molecule has 0 bridgehead atoms. The third-order valence-electron chi connectivity index (χ3n) is 2.94. The molecule has 2 aromatic carbocycles. The van der Waals surface area contributed by atoms with Crippen molar-refractivity contribution in [3.8, 4) is 0 Å². The fourth-order valence-corrected chi connectivity index (χ4v) is 2.59. The van der Waals surface area contributed by atoms with E-state index in [9.17, 15) is 4.79 Å². The van der Waals surface area contributed by atoms with Crippen LogP contribution >= 0.6 is 11.8 Å². The normalized spacial score (nSPS) is 10.7. The second-order valence-electron chi connectivity index (χ2n) is 4.49. The van der Waals surface area contributed by atoms with Gasteiger partial charge in [-0.3, -0.25) is 4.79 Å². The van der Waals surface area contributed by atoms with Gasteiger partial charge in [0.2, 0.25) is 0 Å². The summed E-state index contributed by atoms with van der Waals surface area (Å²) in [6, 6.07) is 17.4. The number of aromatic amines is 1. The van der Waals surface area contributed by atoms with E-state index in [1.165, 1.54) is 11.8 Å². The molecule has 0 aliphatic heterocycles. The number of para-hydroxylation sites is 2. The number of carbonyl (C=O) groups is 1. The molecule has 3 aromatic rings. The number of carbonyl (C=O) groups excluding carboxylic acids is 1. The van der Waals surface area contributed by atoms with Crippen LogP contribution in [0.3, 0.4) is 0 Å². The number of aromatic nitrogens is 2. The Morgan fingerprint density at radius 2 is 1.86 bits per heavy atom. The molecule has 0 saturated heterocycles. The molecule has 0 aliphatic carbocycles. The lowest BCUT2D eigenvalue weighted by Crippen LogP contribution is -2.07. The van der Waals surface area contributed by atoms with Crippen molar-refractivity contribution < 1.29 is 9.53 Å². The number of nitrogens with one attached hydrogen (secondary N) is 1. The van der Waals surface area contributed by atoms with Crippen LogP contribution in [0, 0.1) is 0 Å². The van der Waals surface area contributed by atoms with Gasteiger partial charge >= 0.3 is 5.97 Å². The highest BCUT2D eigenvalue weighted by Gasteiger charge is 2.08. The van der Waals surface area contributed by atoms with Gasteiger partial charge < -0.3 is 9.72 Å². The summed E-state index contributed by atoms with van der Waals surface area (Å²) >= 11 is 1.35. The predicted molar refractivity (Wildman–Crippen MR) is 83.1 cm³/mol. The standard InChI is InChI=1S/C16H14N2O2S/c19-15(20-10-12-6-2-1-3-7-12)11-21-16-17-13-8-4-5-9-14(13)18-16/h1-9H,10-11H2,(H,17,18). The average Bonchev–Trinajstić information content (AvgIpc) is 2.95. The maximum Gasteiger partial charge on any atom is 0.316 e. The molecule has 4 nitrogen and oxygen atoms in total. The molecular weight excluding hydrogens is 284 g/mol. The van der Waals surface area contributed by atoms with Crippen molar-refractivity contribution in [1.29, 1.82) is 0 Å². The van der Waals surface area contributed by atoms with Gasteiger partial charge in [0.15, 0.2) is 5.16 Å². The smallest absolute Gasteiger partial charge is 0.316 e. The predicted octanol–water partition coefficient (Wildman–Crippen LogP) is 3.40. The Balaban J connectivity index is 1.51. The van der Waals surface area contributed by atoms with E-state index in [1.807, 2.05) is 54.6 Å². The van der Waals surface area contributed by atoms with Gasteiger partial charge in [0.25, 0.3) is 0 Å². The Kier molecular flexibility index (Phi) is 4.21. The monoisotopic (exact) mass is 298 g/mol. The summed E-state index contributed by atoms with van der Waals surface area (Å²) in [5.74, 6) is -0.00330. The van der Waals surface area contributed by atoms with E-state index in [0.717, 1.165) is 21.8 Å². The highest BCUT2D eigenvalue weighted by Crippen LogP contribution is 2.19. The molecule has 0 atom stereocenters. The third-order valence-corrected chi connectivity index (χ3v) is 3.78. The van der Waals surface area contributed by atoms with Gasteiger partial charge in [-0.1, -0.05) is 54.2 Å². The van der Waals surface area contributed by atoms with Crippen LogP contribution in [0.25, 0.3) is 11.0 Å². The van der Waals surface area contributed by atoms with E-state index in [4.69, 9.17) is 4.74 Å². The first-order chi connectivity index (χ1) is 10.3. The summed E-state index contributed by atoms with van der Waals surface area (Å²) in [4.78, 5) is 19.3. The first kappa shape index (κ1) is 13.7. The Bertz CT molecular complexity index is 707. The fraction of sp³-hybridized carbons (Fsp3) is 0.125. The number of fused-ring (bicyclic) bond motifs is 1.